The molecule has 0 atom stereocenters. The Balaban J connectivity index is 1.80. The van der Waals surface area contributed by atoms with E-state index in [9.17, 15) is 22.4 Å². The Morgan fingerprint density at radius 3 is 2.58 bits per heavy atom. The van der Waals surface area contributed by atoms with E-state index >= 15 is 0 Å². The lowest BCUT2D eigenvalue weighted by Crippen LogP contribution is -2.37. The average molecular weight is 348 g/mol. The van der Waals surface area contributed by atoms with Crippen molar-refractivity contribution < 1.29 is 22.4 Å². The minimum absolute atomic E-state index is 0.0340. The molecule has 24 heavy (non-hydrogen) atoms. The summed E-state index contributed by atoms with van der Waals surface area (Å²) in [6.45, 7) is 0.902. The van der Waals surface area contributed by atoms with Crippen molar-refractivity contribution in [3.8, 4) is 0 Å². The molecule has 1 N–H and O–H groups in total. The first kappa shape index (κ1) is 16.1. The smallest absolute Gasteiger partial charge is 0.269 e. The number of carbonyl (C=O) groups is 2. The van der Waals surface area contributed by atoms with Crippen molar-refractivity contribution in [2.45, 2.75) is 11.8 Å². The fourth-order valence-electron chi connectivity index (χ4n) is 2.39. The molecule has 3 rings (SSSR count). The third-order valence-electron chi connectivity index (χ3n) is 3.65. The summed E-state index contributed by atoms with van der Waals surface area (Å²) in [5.41, 5.74) is 0.636. The Kier molecular flexibility index (Phi) is 3.84. The van der Waals surface area contributed by atoms with Gasteiger partial charge in [-0.25, -0.2) is 17.1 Å². The molecule has 2 aromatic rings. The Morgan fingerprint density at radius 1 is 1.21 bits per heavy atom. The van der Waals surface area contributed by atoms with E-state index in [0.29, 0.717) is 9.87 Å². The van der Waals surface area contributed by atoms with Crippen LogP contribution in [0.1, 0.15) is 15.9 Å². The number of nitrogens with zero attached hydrogens (tertiary/aromatic N) is 1. The lowest BCUT2D eigenvalue weighted by atomic mass is 10.2. The zero-order valence-corrected chi connectivity index (χ0v) is 13.4. The third kappa shape index (κ3) is 2.65. The molecule has 1 aliphatic rings. The van der Waals surface area contributed by atoms with Crippen LogP contribution in [-0.2, 0) is 14.8 Å². The fraction of sp³-hybridized carbons (Fsp3) is 0.125. The maximum atomic E-state index is 13.5. The van der Waals surface area contributed by atoms with E-state index in [4.69, 9.17) is 0 Å². The van der Waals surface area contributed by atoms with E-state index in [2.05, 4.69) is 5.32 Å². The highest BCUT2D eigenvalue weighted by molar-refractivity contribution is 7.90. The van der Waals surface area contributed by atoms with Crippen molar-refractivity contribution in [3.05, 3.63) is 59.4 Å². The first-order chi connectivity index (χ1) is 11.3. The third-order valence-corrected chi connectivity index (χ3v) is 5.44. The molecule has 2 aromatic carbocycles. The molecule has 0 radical (unpaired) electrons. The predicted octanol–water partition coefficient (Wildman–Crippen LogP) is 1.92. The second-order valence-electron chi connectivity index (χ2n) is 5.33. The maximum absolute atomic E-state index is 13.5. The summed E-state index contributed by atoms with van der Waals surface area (Å²) in [5.74, 6) is -1.98. The Hall–Kier alpha value is -2.74. The maximum Gasteiger partial charge on any atom is 0.269 e. The molecule has 8 heteroatoms. The Morgan fingerprint density at radius 2 is 1.92 bits per heavy atom. The van der Waals surface area contributed by atoms with Gasteiger partial charge in [-0.05, 0) is 36.8 Å². The van der Waals surface area contributed by atoms with E-state index in [-0.39, 0.29) is 16.1 Å². The quantitative estimate of drug-likeness (QED) is 0.918. The second kappa shape index (κ2) is 5.72. The molecule has 0 saturated carbocycles. The van der Waals surface area contributed by atoms with Crippen molar-refractivity contribution >= 4 is 27.5 Å². The lowest BCUT2D eigenvalue weighted by Gasteiger charge is -2.15. The number of carbonyl (C=O) groups excluding carboxylic acids is 2. The summed E-state index contributed by atoms with van der Waals surface area (Å²) in [7, 11) is -4.05. The van der Waals surface area contributed by atoms with E-state index in [1.165, 1.54) is 30.3 Å². The number of hydrogen-bond acceptors (Lipinski definition) is 4. The number of benzene rings is 2. The van der Waals surface area contributed by atoms with Crippen LogP contribution in [0.3, 0.4) is 0 Å². The van der Waals surface area contributed by atoms with Gasteiger partial charge in [0.25, 0.3) is 15.9 Å². The minimum Gasteiger partial charge on any atom is -0.324 e. The van der Waals surface area contributed by atoms with Gasteiger partial charge in [-0.2, -0.15) is 0 Å². The summed E-state index contributed by atoms with van der Waals surface area (Å²) in [5, 5.41) is 2.38. The Bertz CT molecular complexity index is 956. The van der Waals surface area contributed by atoms with Gasteiger partial charge in [0, 0.05) is 5.69 Å². The van der Waals surface area contributed by atoms with Crippen molar-refractivity contribution in [1.82, 2.24) is 4.31 Å². The zero-order valence-electron chi connectivity index (χ0n) is 12.6. The number of hydrogen-bond donors (Lipinski definition) is 1. The SMILES string of the molecule is Cc1ccc(NC(=O)CN2C(=O)c3ccccc3S2(=O)=O)cc1F. The highest BCUT2D eigenvalue weighted by atomic mass is 32.2. The molecule has 1 heterocycles. The molecule has 6 nitrogen and oxygen atoms in total. The van der Waals surface area contributed by atoms with Crippen LogP contribution in [0.4, 0.5) is 10.1 Å². The number of fused-ring (bicyclic) bond motifs is 1. The van der Waals surface area contributed by atoms with Gasteiger partial charge in [-0.3, -0.25) is 9.59 Å². The molecule has 124 valence electrons. The molecular weight excluding hydrogens is 335 g/mol. The molecule has 2 amide bonds. The van der Waals surface area contributed by atoms with Crippen molar-refractivity contribution in [1.29, 1.82) is 0 Å². The normalized spacial score (nSPS) is 15.2. The molecule has 0 spiro atoms. The largest absolute Gasteiger partial charge is 0.324 e. The molecule has 0 saturated heterocycles. The first-order valence-corrected chi connectivity index (χ1v) is 8.47. The average Bonchev–Trinajstić information content (AvgIpc) is 2.73. The van der Waals surface area contributed by atoms with E-state index < -0.39 is 34.2 Å². The molecule has 0 bridgehead atoms. The number of amides is 2. The summed E-state index contributed by atoms with van der Waals surface area (Å²) < 4.78 is 38.7. The standard InChI is InChI=1S/C16H13FN2O4S/c1-10-6-7-11(8-13(10)17)18-15(20)9-19-16(21)12-4-2-3-5-14(12)24(19,22)23/h2-8H,9H2,1H3,(H,18,20). The van der Waals surface area contributed by atoms with E-state index in [1.807, 2.05) is 0 Å². The van der Waals surface area contributed by atoms with Crippen LogP contribution in [0.15, 0.2) is 47.4 Å². The molecule has 1 aliphatic heterocycles. The van der Waals surface area contributed by atoms with Crippen LogP contribution in [0.25, 0.3) is 0 Å². The number of halogens is 1. The Labute approximate surface area is 138 Å². The van der Waals surface area contributed by atoms with Gasteiger partial charge < -0.3 is 5.32 Å². The van der Waals surface area contributed by atoms with Gasteiger partial charge in [0.2, 0.25) is 5.91 Å². The first-order valence-electron chi connectivity index (χ1n) is 7.03. The van der Waals surface area contributed by atoms with E-state index in [0.717, 1.165) is 6.07 Å². The summed E-state index contributed by atoms with van der Waals surface area (Å²) in [4.78, 5) is 24.1. The van der Waals surface area contributed by atoms with Crippen LogP contribution in [-0.4, -0.2) is 31.1 Å². The monoisotopic (exact) mass is 348 g/mol. The molecule has 0 aliphatic carbocycles. The van der Waals surface area contributed by atoms with Crippen LogP contribution in [0, 0.1) is 12.7 Å². The lowest BCUT2D eigenvalue weighted by molar-refractivity contribution is -0.116. The fourth-order valence-corrected chi connectivity index (χ4v) is 3.91. The highest BCUT2D eigenvalue weighted by Crippen LogP contribution is 2.29. The zero-order chi connectivity index (χ0) is 17.5. The molecular formula is C16H13FN2O4S. The van der Waals surface area contributed by atoms with Gasteiger partial charge in [0.15, 0.2) is 0 Å². The van der Waals surface area contributed by atoms with Crippen LogP contribution < -0.4 is 5.32 Å². The predicted molar refractivity (Wildman–Crippen MR) is 84.4 cm³/mol. The highest BCUT2D eigenvalue weighted by Gasteiger charge is 2.41. The number of rotatable bonds is 3. The van der Waals surface area contributed by atoms with Crippen LogP contribution in [0.2, 0.25) is 0 Å². The van der Waals surface area contributed by atoms with E-state index in [1.54, 1.807) is 13.0 Å². The number of sulfonamides is 1. The van der Waals surface area contributed by atoms with Crippen LogP contribution >= 0.6 is 0 Å². The topological polar surface area (TPSA) is 83.6 Å². The summed E-state index contributed by atoms with van der Waals surface area (Å²) >= 11 is 0. The molecule has 0 unspecified atom stereocenters. The van der Waals surface area contributed by atoms with Crippen molar-refractivity contribution in [3.63, 3.8) is 0 Å². The van der Waals surface area contributed by atoms with Crippen molar-refractivity contribution in [2.75, 3.05) is 11.9 Å². The number of nitrogens with one attached hydrogen (secondary N) is 1. The van der Waals surface area contributed by atoms with Gasteiger partial charge in [0.05, 0.1) is 5.56 Å². The number of anilines is 1. The van der Waals surface area contributed by atoms with Gasteiger partial charge in [0.1, 0.15) is 17.3 Å². The molecule has 0 aromatic heterocycles. The minimum atomic E-state index is -4.05. The van der Waals surface area contributed by atoms with Gasteiger partial charge >= 0.3 is 0 Å². The van der Waals surface area contributed by atoms with Crippen LogP contribution in [0.5, 0.6) is 0 Å². The second-order valence-corrected chi connectivity index (χ2v) is 7.16. The summed E-state index contributed by atoms with van der Waals surface area (Å²) in [6, 6.07) is 9.86. The number of aryl methyl sites for hydroxylation is 1. The summed E-state index contributed by atoms with van der Waals surface area (Å²) in [6.07, 6.45) is 0. The molecule has 0 fully saturated rings. The van der Waals surface area contributed by atoms with Gasteiger partial charge in [-0.15, -0.1) is 0 Å². The van der Waals surface area contributed by atoms with Crippen molar-refractivity contribution in [2.24, 2.45) is 0 Å². The van der Waals surface area contributed by atoms with Gasteiger partial charge in [-0.1, -0.05) is 18.2 Å².